The number of hydrogen-bond acceptors (Lipinski definition) is 3. The van der Waals surface area contributed by atoms with Crippen LogP contribution in [0.15, 0.2) is 48.5 Å². The lowest BCUT2D eigenvalue weighted by Crippen LogP contribution is -2.44. The molecular weight excluding hydrogens is 417 g/mol. The number of hydrogen-bond donors (Lipinski definition) is 1. The molecule has 2 aliphatic heterocycles. The summed E-state index contributed by atoms with van der Waals surface area (Å²) in [7, 11) is 0. The van der Waals surface area contributed by atoms with Crippen molar-refractivity contribution in [2.45, 2.75) is 31.2 Å². The van der Waals surface area contributed by atoms with E-state index >= 15 is 0 Å². The highest BCUT2D eigenvalue weighted by Gasteiger charge is 2.32. The predicted octanol–water partition coefficient (Wildman–Crippen LogP) is 3.69. The Bertz CT molecular complexity index is 932. The molecule has 0 aromatic heterocycles. The number of piperidine rings is 1. The highest BCUT2D eigenvalue weighted by atomic mass is 35.5. The molecular formula is C24H27ClFN3O2. The van der Waals surface area contributed by atoms with Crippen LogP contribution >= 0.6 is 11.6 Å². The summed E-state index contributed by atoms with van der Waals surface area (Å²) in [6.07, 6.45) is 3.24. The Balaban J connectivity index is 1.23. The molecule has 2 aromatic carbocycles. The van der Waals surface area contributed by atoms with Crippen molar-refractivity contribution < 1.29 is 14.0 Å². The second-order valence-electron chi connectivity index (χ2n) is 8.31. The summed E-state index contributed by atoms with van der Waals surface area (Å²) in [5, 5.41) is 2.64. The van der Waals surface area contributed by atoms with Crippen molar-refractivity contribution in [1.82, 2.24) is 15.1 Å². The average molecular weight is 444 g/mol. The first-order valence-corrected chi connectivity index (χ1v) is 11.2. The van der Waals surface area contributed by atoms with Crippen LogP contribution in [0.25, 0.3) is 0 Å². The molecule has 7 heteroatoms. The van der Waals surface area contributed by atoms with Gasteiger partial charge in [-0.25, -0.2) is 4.39 Å². The highest BCUT2D eigenvalue weighted by Crippen LogP contribution is 2.30. The third kappa shape index (κ3) is 5.25. The molecule has 2 heterocycles. The minimum Gasteiger partial charge on any atom is -0.343 e. The summed E-state index contributed by atoms with van der Waals surface area (Å²) in [6.45, 7) is 3.41. The van der Waals surface area contributed by atoms with Gasteiger partial charge in [0.25, 0.3) is 5.91 Å². The molecule has 2 aliphatic rings. The molecule has 0 aliphatic carbocycles. The molecule has 0 saturated carbocycles. The van der Waals surface area contributed by atoms with E-state index in [1.54, 1.807) is 0 Å². The van der Waals surface area contributed by atoms with Gasteiger partial charge < -0.3 is 10.2 Å². The van der Waals surface area contributed by atoms with E-state index in [0.717, 1.165) is 38.4 Å². The van der Waals surface area contributed by atoms with Crippen molar-refractivity contribution in [3.63, 3.8) is 0 Å². The van der Waals surface area contributed by atoms with Gasteiger partial charge in [-0.3, -0.25) is 14.5 Å². The van der Waals surface area contributed by atoms with E-state index in [9.17, 15) is 14.0 Å². The zero-order valence-electron chi connectivity index (χ0n) is 17.4. The van der Waals surface area contributed by atoms with Gasteiger partial charge in [-0.1, -0.05) is 41.9 Å². The van der Waals surface area contributed by atoms with Crippen LogP contribution in [0.3, 0.4) is 0 Å². The van der Waals surface area contributed by atoms with Gasteiger partial charge in [0, 0.05) is 19.1 Å². The zero-order chi connectivity index (χ0) is 21.8. The first-order valence-electron chi connectivity index (χ1n) is 10.8. The van der Waals surface area contributed by atoms with Gasteiger partial charge in [0.2, 0.25) is 5.91 Å². The lowest BCUT2D eigenvalue weighted by molar-refractivity contribution is -0.129. The zero-order valence-corrected chi connectivity index (χ0v) is 18.2. The van der Waals surface area contributed by atoms with Gasteiger partial charge in [0.1, 0.15) is 5.82 Å². The Kier molecular flexibility index (Phi) is 6.88. The number of amides is 2. The van der Waals surface area contributed by atoms with E-state index in [-0.39, 0.29) is 23.0 Å². The van der Waals surface area contributed by atoms with Crippen molar-refractivity contribution in [2.24, 2.45) is 0 Å². The number of nitrogens with one attached hydrogen (secondary N) is 1. The van der Waals surface area contributed by atoms with E-state index in [1.807, 2.05) is 4.90 Å². The fourth-order valence-electron chi connectivity index (χ4n) is 4.63. The quantitative estimate of drug-likeness (QED) is 0.766. The Labute approximate surface area is 187 Å². The first kappa shape index (κ1) is 21.8. The number of carbonyl (C=O) groups excluding carboxylic acids is 2. The molecule has 2 fully saturated rings. The smallest absolute Gasteiger partial charge is 0.253 e. The van der Waals surface area contributed by atoms with E-state index in [0.29, 0.717) is 25.0 Å². The summed E-state index contributed by atoms with van der Waals surface area (Å²) in [4.78, 5) is 29.2. The van der Waals surface area contributed by atoms with Gasteiger partial charge >= 0.3 is 0 Å². The van der Waals surface area contributed by atoms with Crippen LogP contribution in [0.1, 0.15) is 41.1 Å². The third-order valence-corrected chi connectivity index (χ3v) is 6.72. The van der Waals surface area contributed by atoms with Crippen molar-refractivity contribution >= 4 is 23.4 Å². The second-order valence-corrected chi connectivity index (χ2v) is 8.72. The van der Waals surface area contributed by atoms with Gasteiger partial charge in [-0.05, 0) is 62.0 Å². The maximum atomic E-state index is 13.1. The van der Waals surface area contributed by atoms with Gasteiger partial charge in [-0.2, -0.15) is 0 Å². The SMILES string of the molecule is O=C(NCC(=O)N1CCC(N2CCC(c3ccccc3)CC2)C1)c1ccc(F)cc1Cl. The van der Waals surface area contributed by atoms with Crippen LogP contribution in [-0.4, -0.2) is 60.4 Å². The minimum atomic E-state index is -0.506. The van der Waals surface area contributed by atoms with E-state index < -0.39 is 11.7 Å². The Hall–Kier alpha value is -2.44. The number of carbonyl (C=O) groups is 2. The van der Waals surface area contributed by atoms with Gasteiger partial charge in [-0.15, -0.1) is 0 Å². The van der Waals surface area contributed by atoms with E-state index in [4.69, 9.17) is 11.6 Å². The van der Waals surface area contributed by atoms with Gasteiger partial charge in [0.05, 0.1) is 17.1 Å². The van der Waals surface area contributed by atoms with Crippen LogP contribution < -0.4 is 5.32 Å². The molecule has 0 radical (unpaired) electrons. The lowest BCUT2D eigenvalue weighted by Gasteiger charge is -2.36. The maximum Gasteiger partial charge on any atom is 0.253 e. The molecule has 1 unspecified atom stereocenters. The predicted molar refractivity (Wildman–Crippen MR) is 119 cm³/mol. The minimum absolute atomic E-state index is 0.0325. The van der Waals surface area contributed by atoms with E-state index in [1.165, 1.54) is 17.7 Å². The highest BCUT2D eigenvalue weighted by molar-refractivity contribution is 6.33. The molecule has 2 saturated heterocycles. The monoisotopic (exact) mass is 443 g/mol. The molecule has 2 amide bonds. The summed E-state index contributed by atoms with van der Waals surface area (Å²) in [6, 6.07) is 14.6. The van der Waals surface area contributed by atoms with Crippen LogP contribution in [0.2, 0.25) is 5.02 Å². The van der Waals surface area contributed by atoms with Crippen LogP contribution in [-0.2, 0) is 4.79 Å². The summed E-state index contributed by atoms with van der Waals surface area (Å²) in [5.41, 5.74) is 1.58. The third-order valence-electron chi connectivity index (χ3n) is 6.41. The molecule has 0 spiro atoms. The summed E-state index contributed by atoms with van der Waals surface area (Å²) in [5.74, 6) is -0.469. The topological polar surface area (TPSA) is 52.7 Å². The number of likely N-dealkylation sites (tertiary alicyclic amines) is 2. The molecule has 5 nitrogen and oxygen atoms in total. The molecule has 1 atom stereocenters. The van der Waals surface area contributed by atoms with Gasteiger partial charge in [0.15, 0.2) is 0 Å². The van der Waals surface area contributed by atoms with Crippen LogP contribution in [0.4, 0.5) is 4.39 Å². The molecule has 164 valence electrons. The lowest BCUT2D eigenvalue weighted by atomic mass is 9.89. The summed E-state index contributed by atoms with van der Waals surface area (Å²) < 4.78 is 13.1. The molecule has 2 aromatic rings. The van der Waals surface area contributed by atoms with Crippen molar-refractivity contribution in [2.75, 3.05) is 32.7 Å². The molecule has 0 bridgehead atoms. The van der Waals surface area contributed by atoms with E-state index in [2.05, 4.69) is 40.5 Å². The first-order chi connectivity index (χ1) is 15.0. The number of benzene rings is 2. The van der Waals surface area contributed by atoms with Crippen molar-refractivity contribution in [1.29, 1.82) is 0 Å². The Morgan fingerprint density at radius 2 is 1.77 bits per heavy atom. The van der Waals surface area contributed by atoms with Crippen LogP contribution in [0, 0.1) is 5.82 Å². The normalized spacial score (nSPS) is 20.1. The Morgan fingerprint density at radius 3 is 2.48 bits per heavy atom. The Morgan fingerprint density at radius 1 is 1.03 bits per heavy atom. The summed E-state index contributed by atoms with van der Waals surface area (Å²) >= 11 is 5.92. The number of halogens is 2. The van der Waals surface area contributed by atoms with Crippen molar-refractivity contribution in [3.05, 3.63) is 70.5 Å². The van der Waals surface area contributed by atoms with Crippen LogP contribution in [0.5, 0.6) is 0 Å². The molecule has 31 heavy (non-hydrogen) atoms. The fourth-order valence-corrected chi connectivity index (χ4v) is 4.88. The van der Waals surface area contributed by atoms with Crippen molar-refractivity contribution in [3.8, 4) is 0 Å². The standard InChI is InChI=1S/C24H27ClFN3O2/c25-22-14-19(26)6-7-21(22)24(31)27-15-23(30)29-13-10-20(16-29)28-11-8-18(9-12-28)17-4-2-1-3-5-17/h1-7,14,18,20H,8-13,15-16H2,(H,27,31). The fraction of sp³-hybridized carbons (Fsp3) is 0.417. The molecule has 4 rings (SSSR count). The largest absolute Gasteiger partial charge is 0.343 e. The number of nitrogens with zero attached hydrogens (tertiary/aromatic N) is 2. The molecule has 1 N–H and O–H groups in total. The second kappa shape index (κ2) is 9.79. The maximum absolute atomic E-state index is 13.1. The number of rotatable bonds is 5. The average Bonchev–Trinajstić information content (AvgIpc) is 3.28.